The number of rotatable bonds is 4. The van der Waals surface area contributed by atoms with E-state index in [1.54, 1.807) is 37.3 Å². The van der Waals surface area contributed by atoms with Crippen LogP contribution in [-0.2, 0) is 16.1 Å². The maximum Gasteiger partial charge on any atom is 0.271 e. The minimum absolute atomic E-state index is 0.00665. The third-order valence-corrected chi connectivity index (χ3v) is 5.20. The van der Waals surface area contributed by atoms with E-state index in [-0.39, 0.29) is 12.1 Å². The minimum atomic E-state index is -0.602. The predicted octanol–water partition coefficient (Wildman–Crippen LogP) is 4.20. The zero-order valence-corrected chi connectivity index (χ0v) is 17.2. The Hall–Kier alpha value is -3.36. The third kappa shape index (κ3) is 4.08. The molecule has 0 unspecified atom stereocenters. The van der Waals surface area contributed by atoms with Crippen molar-refractivity contribution in [2.75, 3.05) is 19.0 Å². The summed E-state index contributed by atoms with van der Waals surface area (Å²) in [5.74, 6) is -1.04. The second-order valence-corrected chi connectivity index (χ2v) is 7.35. The van der Waals surface area contributed by atoms with Crippen molar-refractivity contribution >= 4 is 35.2 Å². The highest BCUT2D eigenvalue weighted by molar-refractivity contribution is 6.31. The number of carbonyl (C=O) groups excluding carboxylic acids is 2. The fourth-order valence-electron chi connectivity index (χ4n) is 3.11. The van der Waals surface area contributed by atoms with Crippen molar-refractivity contribution in [2.24, 2.45) is 0 Å². The van der Waals surface area contributed by atoms with Crippen molar-refractivity contribution < 1.29 is 9.59 Å². The van der Waals surface area contributed by atoms with E-state index >= 15 is 0 Å². The van der Waals surface area contributed by atoms with Crippen LogP contribution in [-0.4, -0.2) is 30.8 Å². The van der Waals surface area contributed by atoms with Gasteiger partial charge in [0.1, 0.15) is 11.6 Å². The van der Waals surface area contributed by atoms with Crippen LogP contribution in [0.5, 0.6) is 0 Å². The number of benzene rings is 2. The molecule has 1 aliphatic heterocycles. The highest BCUT2D eigenvalue weighted by atomic mass is 35.5. The van der Waals surface area contributed by atoms with Gasteiger partial charge in [-0.2, -0.15) is 5.26 Å². The van der Waals surface area contributed by atoms with E-state index in [0.717, 1.165) is 16.2 Å². The number of hydrogen-bond acceptors (Lipinski definition) is 4. The van der Waals surface area contributed by atoms with Gasteiger partial charge in [0.15, 0.2) is 0 Å². The Kier molecular flexibility index (Phi) is 5.86. The van der Waals surface area contributed by atoms with Gasteiger partial charge in [-0.15, -0.1) is 0 Å². The Morgan fingerprint density at radius 1 is 1.07 bits per heavy atom. The average Bonchev–Trinajstić information content (AvgIpc) is 2.70. The maximum absolute atomic E-state index is 13.1. The van der Waals surface area contributed by atoms with Gasteiger partial charge in [0.2, 0.25) is 0 Å². The summed E-state index contributed by atoms with van der Waals surface area (Å²) >= 11 is 6.20. The van der Waals surface area contributed by atoms with Gasteiger partial charge in [-0.1, -0.05) is 41.9 Å². The molecule has 146 valence electrons. The molecule has 29 heavy (non-hydrogen) atoms. The lowest BCUT2D eigenvalue weighted by Gasteiger charge is -2.27. The zero-order valence-electron chi connectivity index (χ0n) is 16.4. The monoisotopic (exact) mass is 405 g/mol. The van der Waals surface area contributed by atoms with Crippen LogP contribution in [0, 0.1) is 11.3 Å². The van der Waals surface area contributed by atoms with Crippen molar-refractivity contribution in [3.8, 4) is 6.07 Å². The molecule has 1 heterocycles. The number of nitriles is 1. The minimum Gasteiger partial charge on any atom is -0.378 e. The Labute approximate surface area is 175 Å². The van der Waals surface area contributed by atoms with Crippen LogP contribution in [0.2, 0.25) is 5.02 Å². The van der Waals surface area contributed by atoms with Crippen LogP contribution >= 0.6 is 11.6 Å². The standard InChI is InChI=1S/C23H20ClN3O2/c1-15-19(12-16-8-10-18(11-9-16)26(2)3)22(28)27(23(29)20(15)13-25)14-17-6-4-5-7-21(17)24/h4-12H,14H2,1-3H3/b19-12+. The van der Waals surface area contributed by atoms with Crippen LogP contribution in [0.1, 0.15) is 18.1 Å². The lowest BCUT2D eigenvalue weighted by molar-refractivity contribution is -0.141. The smallest absolute Gasteiger partial charge is 0.271 e. The molecule has 2 aromatic carbocycles. The van der Waals surface area contributed by atoms with E-state index in [0.29, 0.717) is 21.7 Å². The molecular weight excluding hydrogens is 386 g/mol. The quantitative estimate of drug-likeness (QED) is 0.565. The molecule has 6 heteroatoms. The van der Waals surface area contributed by atoms with E-state index in [1.807, 2.05) is 49.3 Å². The highest BCUT2D eigenvalue weighted by Crippen LogP contribution is 2.29. The molecule has 2 aromatic rings. The van der Waals surface area contributed by atoms with Crippen molar-refractivity contribution in [1.29, 1.82) is 5.26 Å². The van der Waals surface area contributed by atoms with Gasteiger partial charge in [0, 0.05) is 30.4 Å². The number of hydrogen-bond donors (Lipinski definition) is 0. The van der Waals surface area contributed by atoms with Gasteiger partial charge in [-0.3, -0.25) is 14.5 Å². The molecule has 3 rings (SSSR count). The molecule has 0 saturated heterocycles. The first-order chi connectivity index (χ1) is 13.8. The SMILES string of the molecule is CC1=C(C#N)C(=O)N(Cc2ccccc2Cl)C(=O)/C1=C/c1ccc(N(C)C)cc1. The van der Waals surface area contributed by atoms with E-state index in [2.05, 4.69) is 0 Å². The predicted molar refractivity (Wildman–Crippen MR) is 114 cm³/mol. The number of carbonyl (C=O) groups is 2. The summed E-state index contributed by atoms with van der Waals surface area (Å²) in [6.07, 6.45) is 1.71. The molecular formula is C23H20ClN3O2. The fourth-order valence-corrected chi connectivity index (χ4v) is 3.30. The Morgan fingerprint density at radius 3 is 2.31 bits per heavy atom. The molecule has 5 nitrogen and oxygen atoms in total. The first kappa shape index (κ1) is 20.4. The average molecular weight is 406 g/mol. The molecule has 0 saturated carbocycles. The van der Waals surface area contributed by atoms with Gasteiger partial charge in [-0.05, 0) is 47.9 Å². The number of anilines is 1. The first-order valence-corrected chi connectivity index (χ1v) is 9.41. The number of nitrogens with zero attached hydrogens (tertiary/aromatic N) is 3. The van der Waals surface area contributed by atoms with Gasteiger partial charge in [0.25, 0.3) is 11.8 Å². The molecule has 0 radical (unpaired) electrons. The summed E-state index contributed by atoms with van der Waals surface area (Å²) in [6.45, 7) is 1.63. The summed E-state index contributed by atoms with van der Waals surface area (Å²) in [4.78, 5) is 29.0. The summed E-state index contributed by atoms with van der Waals surface area (Å²) in [5, 5.41) is 9.97. The van der Waals surface area contributed by atoms with Crippen LogP contribution < -0.4 is 4.90 Å². The topological polar surface area (TPSA) is 64.4 Å². The normalized spacial score (nSPS) is 15.7. The van der Waals surface area contributed by atoms with Crippen LogP contribution in [0.3, 0.4) is 0 Å². The van der Waals surface area contributed by atoms with Crippen molar-refractivity contribution in [3.63, 3.8) is 0 Å². The molecule has 0 aromatic heterocycles. The molecule has 0 atom stereocenters. The summed E-state index contributed by atoms with van der Waals surface area (Å²) in [6, 6.07) is 16.6. The number of halogens is 1. The molecule has 2 amide bonds. The second-order valence-electron chi connectivity index (χ2n) is 6.94. The largest absolute Gasteiger partial charge is 0.378 e. The summed E-state index contributed by atoms with van der Waals surface area (Å²) in [5.41, 5.74) is 3.15. The molecule has 0 aliphatic carbocycles. The van der Waals surface area contributed by atoms with Crippen LogP contribution in [0.25, 0.3) is 6.08 Å². The number of amides is 2. The van der Waals surface area contributed by atoms with Crippen molar-refractivity contribution in [3.05, 3.63) is 81.4 Å². The first-order valence-electron chi connectivity index (χ1n) is 9.03. The van der Waals surface area contributed by atoms with Gasteiger partial charge in [0.05, 0.1) is 6.54 Å². The molecule has 0 bridgehead atoms. The molecule has 0 spiro atoms. The number of imide groups is 1. The van der Waals surface area contributed by atoms with E-state index < -0.39 is 11.8 Å². The van der Waals surface area contributed by atoms with Gasteiger partial charge >= 0.3 is 0 Å². The third-order valence-electron chi connectivity index (χ3n) is 4.83. The Balaban J connectivity index is 2.03. The zero-order chi connectivity index (χ0) is 21.1. The lowest BCUT2D eigenvalue weighted by Crippen LogP contribution is -2.42. The fraction of sp³-hybridized carbons (Fsp3) is 0.174. The Bertz CT molecular complexity index is 1080. The van der Waals surface area contributed by atoms with E-state index in [4.69, 9.17) is 11.6 Å². The molecule has 0 N–H and O–H groups in total. The Morgan fingerprint density at radius 2 is 1.72 bits per heavy atom. The second kappa shape index (κ2) is 8.34. The van der Waals surface area contributed by atoms with Gasteiger partial charge in [-0.25, -0.2) is 0 Å². The molecule has 0 fully saturated rings. The van der Waals surface area contributed by atoms with Gasteiger partial charge < -0.3 is 4.90 Å². The summed E-state index contributed by atoms with van der Waals surface area (Å²) in [7, 11) is 3.89. The van der Waals surface area contributed by atoms with Crippen LogP contribution in [0.15, 0.2) is 65.3 Å². The van der Waals surface area contributed by atoms with Crippen molar-refractivity contribution in [1.82, 2.24) is 4.90 Å². The lowest BCUT2D eigenvalue weighted by atomic mass is 9.93. The molecule has 1 aliphatic rings. The summed E-state index contributed by atoms with van der Waals surface area (Å²) < 4.78 is 0. The van der Waals surface area contributed by atoms with Crippen molar-refractivity contribution in [2.45, 2.75) is 13.5 Å². The highest BCUT2D eigenvalue weighted by Gasteiger charge is 2.35. The maximum atomic E-state index is 13.1. The van der Waals surface area contributed by atoms with E-state index in [1.165, 1.54) is 0 Å². The van der Waals surface area contributed by atoms with E-state index in [9.17, 15) is 14.9 Å². The van der Waals surface area contributed by atoms with Crippen LogP contribution in [0.4, 0.5) is 5.69 Å².